The maximum atomic E-state index is 12.8. The molecule has 5 nitrogen and oxygen atoms in total. The van der Waals surface area contributed by atoms with Crippen LogP contribution in [0.4, 0.5) is 0 Å². The summed E-state index contributed by atoms with van der Waals surface area (Å²) in [7, 11) is 0. The Morgan fingerprint density at radius 1 is 1.11 bits per heavy atom. The van der Waals surface area contributed by atoms with Crippen molar-refractivity contribution in [1.82, 2.24) is 14.7 Å². The summed E-state index contributed by atoms with van der Waals surface area (Å²) in [6, 6.07) is 19.3. The molecule has 0 fully saturated rings. The van der Waals surface area contributed by atoms with Gasteiger partial charge >= 0.3 is 0 Å². The third kappa shape index (κ3) is 4.83. The van der Waals surface area contributed by atoms with Crippen LogP contribution in [0.2, 0.25) is 0 Å². The maximum Gasteiger partial charge on any atom is 0.227 e. The molecule has 0 bridgehead atoms. The summed E-state index contributed by atoms with van der Waals surface area (Å²) in [6.07, 6.45) is 4.87. The van der Waals surface area contributed by atoms with Crippen LogP contribution in [0.25, 0.3) is 5.69 Å². The van der Waals surface area contributed by atoms with Gasteiger partial charge < -0.3 is 4.90 Å². The molecule has 5 heteroatoms. The first-order chi connectivity index (χ1) is 13.2. The van der Waals surface area contributed by atoms with Crippen LogP contribution in [0.5, 0.6) is 0 Å². The van der Waals surface area contributed by atoms with E-state index in [1.54, 1.807) is 23.0 Å². The van der Waals surface area contributed by atoms with Gasteiger partial charge in [-0.1, -0.05) is 37.3 Å². The lowest BCUT2D eigenvalue weighted by atomic mass is 10.1. The topological polar surface area (TPSA) is 61.9 Å². The summed E-state index contributed by atoms with van der Waals surface area (Å²) in [5.41, 5.74) is 3.51. The molecule has 136 valence electrons. The summed E-state index contributed by atoms with van der Waals surface area (Å²) < 4.78 is 1.79. The minimum absolute atomic E-state index is 0.0776. The quantitative estimate of drug-likeness (QED) is 0.646. The molecular weight excluding hydrogens is 336 g/mol. The lowest BCUT2D eigenvalue weighted by Gasteiger charge is -2.22. The molecule has 3 rings (SSSR count). The predicted octanol–water partition coefficient (Wildman–Crippen LogP) is 3.73. The number of aromatic nitrogens is 2. The molecule has 1 heterocycles. The number of benzene rings is 2. The number of rotatable bonds is 7. The third-order valence-corrected chi connectivity index (χ3v) is 4.31. The Morgan fingerprint density at radius 3 is 2.52 bits per heavy atom. The highest BCUT2D eigenvalue weighted by Gasteiger charge is 2.15. The number of carbonyl (C=O) groups excluding carboxylic acids is 1. The molecule has 0 unspecified atom stereocenters. The molecule has 0 N–H and O–H groups in total. The fraction of sp³-hybridized carbons (Fsp3) is 0.227. The van der Waals surface area contributed by atoms with Gasteiger partial charge in [0, 0.05) is 19.3 Å². The lowest BCUT2D eigenvalue weighted by molar-refractivity contribution is -0.131. The van der Waals surface area contributed by atoms with Crippen molar-refractivity contribution in [2.45, 2.75) is 26.3 Å². The van der Waals surface area contributed by atoms with Crippen LogP contribution in [0.3, 0.4) is 0 Å². The maximum absolute atomic E-state index is 12.8. The molecule has 1 amide bonds. The number of hydrogen-bond donors (Lipinski definition) is 0. The second kappa shape index (κ2) is 8.81. The average Bonchev–Trinajstić information content (AvgIpc) is 3.17. The first kappa shape index (κ1) is 18.4. The molecule has 27 heavy (non-hydrogen) atoms. The number of para-hydroxylation sites is 1. The Hall–Kier alpha value is -3.39. The van der Waals surface area contributed by atoms with E-state index in [4.69, 9.17) is 5.26 Å². The third-order valence-electron chi connectivity index (χ3n) is 4.31. The van der Waals surface area contributed by atoms with Crippen molar-refractivity contribution in [3.05, 3.63) is 83.7 Å². The largest absolute Gasteiger partial charge is 0.338 e. The summed E-state index contributed by atoms with van der Waals surface area (Å²) in [4.78, 5) is 14.7. The van der Waals surface area contributed by atoms with Crippen molar-refractivity contribution in [3.63, 3.8) is 0 Å². The molecule has 0 spiro atoms. The Labute approximate surface area is 159 Å². The van der Waals surface area contributed by atoms with Gasteiger partial charge in [-0.25, -0.2) is 4.68 Å². The summed E-state index contributed by atoms with van der Waals surface area (Å²) in [5.74, 6) is 0.0776. The average molecular weight is 358 g/mol. The van der Waals surface area contributed by atoms with Gasteiger partial charge in [0.25, 0.3) is 0 Å². The highest BCUT2D eigenvalue weighted by Crippen LogP contribution is 2.12. The Morgan fingerprint density at radius 2 is 1.85 bits per heavy atom. The Kier molecular flexibility index (Phi) is 6.01. The monoisotopic (exact) mass is 358 g/mol. The van der Waals surface area contributed by atoms with Gasteiger partial charge in [0.2, 0.25) is 5.91 Å². The number of nitrogens with zero attached hydrogens (tertiary/aromatic N) is 4. The van der Waals surface area contributed by atoms with E-state index in [9.17, 15) is 4.79 Å². The molecule has 0 aliphatic carbocycles. The van der Waals surface area contributed by atoms with E-state index in [2.05, 4.69) is 18.1 Å². The van der Waals surface area contributed by atoms with E-state index in [1.165, 1.54) is 0 Å². The fourth-order valence-corrected chi connectivity index (χ4v) is 2.93. The highest BCUT2D eigenvalue weighted by molar-refractivity contribution is 5.78. The highest BCUT2D eigenvalue weighted by atomic mass is 16.2. The molecular formula is C22H22N4O. The van der Waals surface area contributed by atoms with E-state index in [0.29, 0.717) is 25.1 Å². The smallest absolute Gasteiger partial charge is 0.227 e. The van der Waals surface area contributed by atoms with Crippen molar-refractivity contribution in [1.29, 1.82) is 5.26 Å². The van der Waals surface area contributed by atoms with Crippen molar-refractivity contribution in [3.8, 4) is 11.8 Å². The van der Waals surface area contributed by atoms with Gasteiger partial charge in [-0.2, -0.15) is 10.4 Å². The zero-order valence-corrected chi connectivity index (χ0v) is 15.4. The van der Waals surface area contributed by atoms with E-state index in [-0.39, 0.29) is 5.91 Å². The van der Waals surface area contributed by atoms with Gasteiger partial charge in [0.05, 0.1) is 29.9 Å². The molecule has 2 aromatic carbocycles. The van der Waals surface area contributed by atoms with Crippen LogP contribution in [-0.4, -0.2) is 27.1 Å². The predicted molar refractivity (Wildman–Crippen MR) is 104 cm³/mol. The zero-order chi connectivity index (χ0) is 19.1. The standard InChI is InChI=1S/C22H22N4O/c1-2-12-25(16-19-10-8-18(14-23)9-11-19)22(27)13-20-15-24-26(17-20)21-6-4-3-5-7-21/h3-11,15,17H,2,12-13,16H2,1H3. The Bertz CT molecular complexity index is 923. The van der Waals surface area contributed by atoms with Crippen molar-refractivity contribution >= 4 is 5.91 Å². The van der Waals surface area contributed by atoms with E-state index >= 15 is 0 Å². The van der Waals surface area contributed by atoms with Crippen molar-refractivity contribution in [2.75, 3.05) is 6.54 Å². The fourth-order valence-electron chi connectivity index (χ4n) is 2.93. The SMILES string of the molecule is CCCN(Cc1ccc(C#N)cc1)C(=O)Cc1cnn(-c2ccccc2)c1. The van der Waals surface area contributed by atoms with Crippen LogP contribution in [-0.2, 0) is 17.8 Å². The molecule has 0 saturated heterocycles. The second-order valence-corrected chi connectivity index (χ2v) is 6.43. The van der Waals surface area contributed by atoms with E-state index in [0.717, 1.165) is 23.2 Å². The number of carbonyl (C=O) groups is 1. The minimum atomic E-state index is 0.0776. The van der Waals surface area contributed by atoms with Crippen LogP contribution >= 0.6 is 0 Å². The number of hydrogen-bond acceptors (Lipinski definition) is 3. The molecule has 0 saturated carbocycles. The Balaban J connectivity index is 1.68. The van der Waals surface area contributed by atoms with E-state index in [1.807, 2.05) is 53.6 Å². The summed E-state index contributed by atoms with van der Waals surface area (Å²) in [6.45, 7) is 3.31. The molecule has 0 aliphatic heterocycles. The summed E-state index contributed by atoms with van der Waals surface area (Å²) in [5, 5.41) is 13.3. The van der Waals surface area contributed by atoms with E-state index < -0.39 is 0 Å². The molecule has 0 radical (unpaired) electrons. The van der Waals surface area contributed by atoms with Gasteiger partial charge in [-0.05, 0) is 41.8 Å². The number of nitriles is 1. The minimum Gasteiger partial charge on any atom is -0.338 e. The molecule has 3 aromatic rings. The zero-order valence-electron chi connectivity index (χ0n) is 15.4. The second-order valence-electron chi connectivity index (χ2n) is 6.43. The van der Waals surface area contributed by atoms with Gasteiger partial charge in [-0.3, -0.25) is 4.79 Å². The first-order valence-electron chi connectivity index (χ1n) is 9.05. The molecule has 0 aliphatic rings. The van der Waals surface area contributed by atoms with Crippen LogP contribution < -0.4 is 0 Å². The summed E-state index contributed by atoms with van der Waals surface area (Å²) >= 11 is 0. The molecule has 0 atom stereocenters. The van der Waals surface area contributed by atoms with Crippen LogP contribution in [0.15, 0.2) is 67.0 Å². The lowest BCUT2D eigenvalue weighted by Crippen LogP contribution is -2.32. The van der Waals surface area contributed by atoms with Crippen LogP contribution in [0, 0.1) is 11.3 Å². The van der Waals surface area contributed by atoms with Gasteiger partial charge in [-0.15, -0.1) is 0 Å². The van der Waals surface area contributed by atoms with Gasteiger partial charge in [0.1, 0.15) is 0 Å². The number of amides is 1. The van der Waals surface area contributed by atoms with Crippen molar-refractivity contribution < 1.29 is 4.79 Å². The first-order valence-corrected chi connectivity index (χ1v) is 9.05. The molecule has 1 aromatic heterocycles. The van der Waals surface area contributed by atoms with Crippen molar-refractivity contribution in [2.24, 2.45) is 0 Å². The normalized spacial score (nSPS) is 10.4. The van der Waals surface area contributed by atoms with Crippen LogP contribution in [0.1, 0.15) is 30.0 Å². The van der Waals surface area contributed by atoms with Gasteiger partial charge in [0.15, 0.2) is 0 Å².